The number of furan rings is 1. The molecule has 0 spiro atoms. The zero-order valence-electron chi connectivity index (χ0n) is 11.8. The third-order valence-electron chi connectivity index (χ3n) is 3.28. The number of nitrogens with zero attached hydrogens (tertiary/aromatic N) is 1. The summed E-state index contributed by atoms with van der Waals surface area (Å²) < 4.78 is 5.51. The third kappa shape index (κ3) is 4.67. The molecule has 104 valence electrons. The average Bonchev–Trinajstić information content (AvgIpc) is 2.92. The quantitative estimate of drug-likeness (QED) is 0.748. The lowest BCUT2D eigenvalue weighted by atomic mass is 10.1. The molecule has 1 rings (SSSR count). The van der Waals surface area contributed by atoms with Gasteiger partial charge in [0, 0.05) is 18.3 Å². The van der Waals surface area contributed by atoms with Crippen molar-refractivity contribution in [3.05, 3.63) is 24.2 Å². The SMILES string of the molecule is CCC(N)C(SCCN(CC)CC)c1ccco1. The molecule has 2 atom stereocenters. The molecular formula is C14H26N2OS. The summed E-state index contributed by atoms with van der Waals surface area (Å²) in [4.78, 5) is 2.43. The molecule has 1 aromatic heterocycles. The van der Waals surface area contributed by atoms with Crippen LogP contribution in [0.4, 0.5) is 0 Å². The van der Waals surface area contributed by atoms with Crippen LogP contribution in [-0.4, -0.2) is 36.3 Å². The van der Waals surface area contributed by atoms with Crippen LogP contribution in [0.2, 0.25) is 0 Å². The summed E-state index contributed by atoms with van der Waals surface area (Å²) >= 11 is 1.91. The Hall–Kier alpha value is -0.450. The molecule has 0 saturated heterocycles. The summed E-state index contributed by atoms with van der Waals surface area (Å²) in [5.41, 5.74) is 6.20. The van der Waals surface area contributed by atoms with E-state index in [0.717, 1.165) is 37.6 Å². The van der Waals surface area contributed by atoms with Crippen LogP contribution in [0.15, 0.2) is 22.8 Å². The van der Waals surface area contributed by atoms with Crippen LogP contribution < -0.4 is 5.73 Å². The largest absolute Gasteiger partial charge is 0.468 e. The summed E-state index contributed by atoms with van der Waals surface area (Å²) in [7, 11) is 0. The summed E-state index contributed by atoms with van der Waals surface area (Å²) in [6, 6.07) is 4.14. The van der Waals surface area contributed by atoms with Crippen LogP contribution >= 0.6 is 11.8 Å². The van der Waals surface area contributed by atoms with Gasteiger partial charge in [-0.05, 0) is 31.6 Å². The van der Waals surface area contributed by atoms with Crippen LogP contribution in [0, 0.1) is 0 Å². The molecule has 4 heteroatoms. The summed E-state index contributed by atoms with van der Waals surface area (Å²) in [6.07, 6.45) is 2.71. The molecule has 0 bridgehead atoms. The number of hydrogen-bond acceptors (Lipinski definition) is 4. The lowest BCUT2D eigenvalue weighted by Gasteiger charge is -2.23. The molecule has 0 fully saturated rings. The van der Waals surface area contributed by atoms with Gasteiger partial charge < -0.3 is 15.1 Å². The van der Waals surface area contributed by atoms with Crippen LogP contribution in [-0.2, 0) is 0 Å². The Bertz CT molecular complexity index is 299. The molecule has 3 nitrogen and oxygen atoms in total. The van der Waals surface area contributed by atoms with E-state index >= 15 is 0 Å². The highest BCUT2D eigenvalue weighted by Crippen LogP contribution is 2.32. The van der Waals surface area contributed by atoms with Gasteiger partial charge in [0.15, 0.2) is 0 Å². The predicted octanol–water partition coefficient (Wildman–Crippen LogP) is 3.13. The van der Waals surface area contributed by atoms with Crippen molar-refractivity contribution in [1.82, 2.24) is 4.90 Å². The maximum absolute atomic E-state index is 6.20. The van der Waals surface area contributed by atoms with Gasteiger partial charge in [-0.2, -0.15) is 0 Å². The summed E-state index contributed by atoms with van der Waals surface area (Å²) in [6.45, 7) is 9.88. The molecule has 18 heavy (non-hydrogen) atoms. The Labute approximate surface area is 115 Å². The lowest BCUT2D eigenvalue weighted by Crippen LogP contribution is -2.28. The van der Waals surface area contributed by atoms with Crippen molar-refractivity contribution in [3.63, 3.8) is 0 Å². The first-order valence-electron chi connectivity index (χ1n) is 6.85. The van der Waals surface area contributed by atoms with E-state index in [2.05, 4.69) is 25.7 Å². The summed E-state index contributed by atoms with van der Waals surface area (Å²) in [5.74, 6) is 2.11. The van der Waals surface area contributed by atoms with Crippen molar-refractivity contribution < 1.29 is 4.42 Å². The first-order chi connectivity index (χ1) is 8.72. The van der Waals surface area contributed by atoms with Gasteiger partial charge in [0.1, 0.15) is 5.76 Å². The first-order valence-corrected chi connectivity index (χ1v) is 7.90. The average molecular weight is 270 g/mol. The van der Waals surface area contributed by atoms with E-state index in [1.54, 1.807) is 6.26 Å². The number of hydrogen-bond donors (Lipinski definition) is 1. The Morgan fingerprint density at radius 2 is 2.06 bits per heavy atom. The Morgan fingerprint density at radius 3 is 2.56 bits per heavy atom. The third-order valence-corrected chi connectivity index (χ3v) is 4.64. The van der Waals surface area contributed by atoms with Gasteiger partial charge in [-0.15, -0.1) is 11.8 Å². The molecule has 0 aliphatic carbocycles. The van der Waals surface area contributed by atoms with Crippen LogP contribution in [0.5, 0.6) is 0 Å². The standard InChI is InChI=1S/C14H26N2OS/c1-4-12(15)14(13-8-7-10-17-13)18-11-9-16(5-2)6-3/h7-8,10,12,14H,4-6,9,11,15H2,1-3H3. The van der Waals surface area contributed by atoms with Gasteiger partial charge in [0.05, 0.1) is 11.5 Å². The van der Waals surface area contributed by atoms with Crippen LogP contribution in [0.1, 0.15) is 38.2 Å². The second kappa shape index (κ2) is 8.62. The van der Waals surface area contributed by atoms with Crippen molar-refractivity contribution in [3.8, 4) is 0 Å². The topological polar surface area (TPSA) is 42.4 Å². The first kappa shape index (κ1) is 15.6. The molecule has 0 aromatic carbocycles. The molecule has 0 aliphatic heterocycles. The maximum Gasteiger partial charge on any atom is 0.118 e. The van der Waals surface area contributed by atoms with Crippen molar-refractivity contribution in [2.45, 2.75) is 38.5 Å². The lowest BCUT2D eigenvalue weighted by molar-refractivity contribution is 0.323. The van der Waals surface area contributed by atoms with E-state index in [0.29, 0.717) is 0 Å². The minimum atomic E-state index is 0.165. The number of thioether (sulfide) groups is 1. The molecule has 2 N–H and O–H groups in total. The molecule has 0 radical (unpaired) electrons. The smallest absolute Gasteiger partial charge is 0.118 e. The molecule has 1 aromatic rings. The minimum Gasteiger partial charge on any atom is -0.468 e. The minimum absolute atomic E-state index is 0.165. The van der Waals surface area contributed by atoms with E-state index in [9.17, 15) is 0 Å². The van der Waals surface area contributed by atoms with Gasteiger partial charge in [0.2, 0.25) is 0 Å². The van der Waals surface area contributed by atoms with E-state index < -0.39 is 0 Å². The monoisotopic (exact) mass is 270 g/mol. The van der Waals surface area contributed by atoms with Crippen molar-refractivity contribution in [1.29, 1.82) is 0 Å². The van der Waals surface area contributed by atoms with Gasteiger partial charge in [0.25, 0.3) is 0 Å². The Kier molecular flexibility index (Phi) is 7.47. The van der Waals surface area contributed by atoms with Crippen molar-refractivity contribution in [2.24, 2.45) is 5.73 Å². The number of nitrogens with two attached hydrogens (primary N) is 1. The second-order valence-corrected chi connectivity index (χ2v) is 5.66. The van der Waals surface area contributed by atoms with Gasteiger partial charge in [-0.3, -0.25) is 0 Å². The highest BCUT2D eigenvalue weighted by molar-refractivity contribution is 7.99. The predicted molar refractivity (Wildman–Crippen MR) is 80.0 cm³/mol. The maximum atomic E-state index is 6.20. The normalized spacial score (nSPS) is 14.9. The van der Waals surface area contributed by atoms with E-state index in [1.165, 1.54) is 0 Å². The molecule has 2 unspecified atom stereocenters. The van der Waals surface area contributed by atoms with E-state index in [-0.39, 0.29) is 11.3 Å². The Balaban J connectivity index is 2.48. The van der Waals surface area contributed by atoms with Gasteiger partial charge in [-0.1, -0.05) is 20.8 Å². The fourth-order valence-electron chi connectivity index (χ4n) is 1.93. The summed E-state index contributed by atoms with van der Waals surface area (Å²) in [5, 5.41) is 0.278. The van der Waals surface area contributed by atoms with Crippen LogP contribution in [0.3, 0.4) is 0 Å². The highest BCUT2D eigenvalue weighted by Gasteiger charge is 2.21. The molecule has 1 heterocycles. The Morgan fingerprint density at radius 1 is 1.33 bits per heavy atom. The fraction of sp³-hybridized carbons (Fsp3) is 0.714. The highest BCUT2D eigenvalue weighted by atomic mass is 32.2. The number of rotatable bonds is 9. The van der Waals surface area contributed by atoms with Gasteiger partial charge >= 0.3 is 0 Å². The van der Waals surface area contributed by atoms with Crippen LogP contribution in [0.25, 0.3) is 0 Å². The zero-order chi connectivity index (χ0) is 13.4. The zero-order valence-corrected chi connectivity index (χ0v) is 12.6. The fourth-order valence-corrected chi connectivity index (χ4v) is 3.29. The van der Waals surface area contributed by atoms with Gasteiger partial charge in [-0.25, -0.2) is 0 Å². The van der Waals surface area contributed by atoms with Crippen molar-refractivity contribution >= 4 is 11.8 Å². The molecular weight excluding hydrogens is 244 g/mol. The van der Waals surface area contributed by atoms with E-state index in [4.69, 9.17) is 10.2 Å². The second-order valence-electron chi connectivity index (χ2n) is 4.41. The van der Waals surface area contributed by atoms with Crippen molar-refractivity contribution in [2.75, 3.05) is 25.4 Å². The molecule has 0 aliphatic rings. The van der Waals surface area contributed by atoms with E-state index in [1.807, 2.05) is 23.9 Å². The molecule has 0 saturated carbocycles. The molecule has 0 amide bonds.